The first-order chi connectivity index (χ1) is 18.5. The van der Waals surface area contributed by atoms with E-state index < -0.39 is 87.5 Å². The molecular weight excluding hydrogens is 562 g/mol. The number of carbonyl (C=O) groups is 4. The molecule has 4 bridgehead atoms. The van der Waals surface area contributed by atoms with Gasteiger partial charge in [0.25, 0.3) is 0 Å². The standard InChI is InChI=1S/C25H34F2O12S/c1-13(25(26,27)40(32,33)34)35-17(28)9-10-18(29)36-20-16-11-14-12-24(16,21(30)37-19(14)20)22(31)39-23(2,3)38-15-7-5-4-6-8-15/h13-16,19-20H,4-12H2,1-3H3,(H,32,33,34). The van der Waals surface area contributed by atoms with E-state index >= 15 is 0 Å². The average Bonchev–Trinajstić information content (AvgIpc) is 3.36. The number of hydrogen-bond acceptors (Lipinski definition) is 11. The summed E-state index contributed by atoms with van der Waals surface area (Å²) in [5, 5.41) is -4.74. The second-order valence-electron chi connectivity index (χ2n) is 11.4. The summed E-state index contributed by atoms with van der Waals surface area (Å²) in [4.78, 5) is 50.8. The molecule has 3 saturated carbocycles. The average molecular weight is 597 g/mol. The monoisotopic (exact) mass is 596 g/mol. The zero-order valence-electron chi connectivity index (χ0n) is 22.4. The number of alkyl halides is 2. The molecule has 6 unspecified atom stereocenters. The highest BCUT2D eigenvalue weighted by atomic mass is 32.2. The molecule has 0 aromatic carbocycles. The van der Waals surface area contributed by atoms with E-state index in [1.54, 1.807) is 13.8 Å². The molecule has 6 atom stereocenters. The molecule has 0 aromatic heterocycles. The zero-order valence-corrected chi connectivity index (χ0v) is 23.2. The Morgan fingerprint density at radius 3 is 2.38 bits per heavy atom. The van der Waals surface area contributed by atoms with Crippen LogP contribution < -0.4 is 0 Å². The number of ether oxygens (including phenoxy) is 5. The van der Waals surface area contributed by atoms with Gasteiger partial charge >= 0.3 is 39.2 Å². The van der Waals surface area contributed by atoms with Crippen molar-refractivity contribution in [3.05, 3.63) is 0 Å². The van der Waals surface area contributed by atoms with Gasteiger partial charge in [-0.3, -0.25) is 23.7 Å². The van der Waals surface area contributed by atoms with Crippen LogP contribution in [0.25, 0.3) is 0 Å². The molecule has 2 heterocycles. The molecule has 0 spiro atoms. The maximum absolute atomic E-state index is 13.6. The molecule has 15 heteroatoms. The van der Waals surface area contributed by atoms with Gasteiger partial charge < -0.3 is 23.7 Å². The van der Waals surface area contributed by atoms with Crippen LogP contribution in [-0.4, -0.2) is 72.3 Å². The SMILES string of the molecule is CC(OC(=O)CCC(=O)OC1C2OC(=O)C3(C(=O)OC(C)(C)OC4CCCCC4)CC2CC13)C(F)(F)S(=O)(=O)O. The zero-order chi connectivity index (χ0) is 29.7. The van der Waals surface area contributed by atoms with Gasteiger partial charge in [0, 0.05) is 25.7 Å². The first-order valence-electron chi connectivity index (χ1n) is 13.3. The summed E-state index contributed by atoms with van der Waals surface area (Å²) in [5.41, 5.74) is -1.67. The Balaban J connectivity index is 1.35. The molecule has 0 amide bonds. The third-order valence-corrected chi connectivity index (χ3v) is 9.22. The van der Waals surface area contributed by atoms with Crippen LogP contribution in [0, 0.1) is 17.3 Å². The molecule has 12 nitrogen and oxygen atoms in total. The van der Waals surface area contributed by atoms with Crippen molar-refractivity contribution in [2.24, 2.45) is 17.3 Å². The highest BCUT2D eigenvalue weighted by Gasteiger charge is 2.75. The fraction of sp³-hybridized carbons (Fsp3) is 0.840. The quantitative estimate of drug-likeness (QED) is 0.122. The summed E-state index contributed by atoms with van der Waals surface area (Å²) in [6, 6.07) is 0. The molecule has 40 heavy (non-hydrogen) atoms. The first-order valence-corrected chi connectivity index (χ1v) is 14.8. The van der Waals surface area contributed by atoms with Gasteiger partial charge in [-0.25, -0.2) is 0 Å². The summed E-state index contributed by atoms with van der Waals surface area (Å²) in [6.07, 6.45) is -0.298. The molecular formula is C25H34F2O12S. The lowest BCUT2D eigenvalue weighted by Gasteiger charge is -2.46. The number of fused-ring (bicyclic) bond motifs is 1. The summed E-state index contributed by atoms with van der Waals surface area (Å²) in [6.45, 7) is 3.78. The van der Waals surface area contributed by atoms with E-state index in [1.165, 1.54) is 0 Å². The van der Waals surface area contributed by atoms with Gasteiger partial charge in [0.05, 0.1) is 18.9 Å². The van der Waals surface area contributed by atoms with E-state index in [-0.39, 0.29) is 18.4 Å². The number of hydrogen-bond donors (Lipinski definition) is 1. The Labute approximate surface area is 230 Å². The maximum atomic E-state index is 13.6. The van der Waals surface area contributed by atoms with E-state index in [0.29, 0.717) is 13.3 Å². The number of halogens is 2. The van der Waals surface area contributed by atoms with Gasteiger partial charge in [-0.15, -0.1) is 0 Å². The third-order valence-electron chi connectivity index (χ3n) is 8.20. The predicted octanol–water partition coefficient (Wildman–Crippen LogP) is 2.67. The number of rotatable bonds is 11. The normalized spacial score (nSPS) is 31.0. The third kappa shape index (κ3) is 5.69. The molecule has 3 aliphatic carbocycles. The highest BCUT2D eigenvalue weighted by molar-refractivity contribution is 7.86. The molecule has 0 radical (unpaired) electrons. The lowest BCUT2D eigenvalue weighted by atomic mass is 9.68. The number of carbonyl (C=O) groups excluding carboxylic acids is 4. The van der Waals surface area contributed by atoms with Crippen molar-refractivity contribution in [2.75, 3.05) is 0 Å². The van der Waals surface area contributed by atoms with Crippen molar-refractivity contribution >= 4 is 34.0 Å². The summed E-state index contributed by atoms with van der Waals surface area (Å²) >= 11 is 0. The van der Waals surface area contributed by atoms with Crippen LogP contribution in [0.3, 0.4) is 0 Å². The Kier molecular flexibility index (Phi) is 8.24. The maximum Gasteiger partial charge on any atom is 0.405 e. The van der Waals surface area contributed by atoms with E-state index in [4.69, 9.17) is 23.5 Å². The molecule has 5 rings (SSSR count). The molecule has 1 N–H and O–H groups in total. The highest BCUT2D eigenvalue weighted by Crippen LogP contribution is 2.63. The van der Waals surface area contributed by atoms with Crippen molar-refractivity contribution in [3.63, 3.8) is 0 Å². The van der Waals surface area contributed by atoms with Crippen LogP contribution in [0.2, 0.25) is 0 Å². The fourth-order valence-electron chi connectivity index (χ4n) is 6.30. The van der Waals surface area contributed by atoms with Gasteiger partial charge in [0.1, 0.15) is 12.2 Å². The van der Waals surface area contributed by atoms with Crippen LogP contribution in [0.5, 0.6) is 0 Å². The minimum absolute atomic E-state index is 0.0700. The van der Waals surface area contributed by atoms with Crippen molar-refractivity contribution in [2.45, 2.75) is 114 Å². The van der Waals surface area contributed by atoms with E-state index in [9.17, 15) is 36.4 Å². The summed E-state index contributed by atoms with van der Waals surface area (Å²) < 4.78 is 84.4. The van der Waals surface area contributed by atoms with Gasteiger partial charge in [-0.1, -0.05) is 19.3 Å². The second-order valence-corrected chi connectivity index (χ2v) is 12.9. The van der Waals surface area contributed by atoms with Crippen molar-refractivity contribution in [1.29, 1.82) is 0 Å². The van der Waals surface area contributed by atoms with Crippen LogP contribution in [0.15, 0.2) is 0 Å². The summed E-state index contributed by atoms with van der Waals surface area (Å²) in [7, 11) is -5.83. The van der Waals surface area contributed by atoms with Crippen LogP contribution in [0.1, 0.15) is 78.6 Å². The Morgan fingerprint density at radius 1 is 1.12 bits per heavy atom. The van der Waals surface area contributed by atoms with Crippen molar-refractivity contribution < 1.29 is 64.6 Å². The molecule has 5 aliphatic rings. The molecule has 5 fully saturated rings. The molecule has 2 aliphatic heterocycles. The largest absolute Gasteiger partial charge is 0.458 e. The lowest BCUT2D eigenvalue weighted by molar-refractivity contribution is -0.255. The van der Waals surface area contributed by atoms with Gasteiger partial charge in [-0.05, 0) is 32.6 Å². The van der Waals surface area contributed by atoms with Crippen LogP contribution in [0.4, 0.5) is 8.78 Å². The Bertz CT molecular complexity index is 1150. The summed E-state index contributed by atoms with van der Waals surface area (Å²) in [5.74, 6) is -6.09. The first kappa shape index (κ1) is 30.6. The van der Waals surface area contributed by atoms with Crippen LogP contribution >= 0.6 is 0 Å². The van der Waals surface area contributed by atoms with Gasteiger partial charge in [-0.2, -0.15) is 17.2 Å². The van der Waals surface area contributed by atoms with Gasteiger partial charge in [0.15, 0.2) is 11.5 Å². The van der Waals surface area contributed by atoms with Gasteiger partial charge in [0.2, 0.25) is 5.79 Å². The fourth-order valence-corrected chi connectivity index (χ4v) is 6.77. The number of esters is 4. The lowest BCUT2D eigenvalue weighted by Crippen LogP contribution is -2.62. The predicted molar refractivity (Wildman–Crippen MR) is 128 cm³/mol. The Hall–Kier alpha value is -2.39. The molecule has 226 valence electrons. The molecule has 0 aromatic rings. The van der Waals surface area contributed by atoms with Crippen molar-refractivity contribution in [1.82, 2.24) is 0 Å². The second kappa shape index (κ2) is 10.8. The van der Waals surface area contributed by atoms with E-state index in [0.717, 1.165) is 32.1 Å². The van der Waals surface area contributed by atoms with Crippen LogP contribution in [-0.2, 0) is 53.0 Å². The van der Waals surface area contributed by atoms with Crippen molar-refractivity contribution in [3.8, 4) is 0 Å². The van der Waals surface area contributed by atoms with E-state index in [1.807, 2.05) is 0 Å². The topological polar surface area (TPSA) is 169 Å². The molecule has 2 saturated heterocycles. The Morgan fingerprint density at radius 2 is 1.75 bits per heavy atom. The smallest absolute Gasteiger partial charge is 0.405 e. The minimum Gasteiger partial charge on any atom is -0.458 e. The van der Waals surface area contributed by atoms with E-state index in [2.05, 4.69) is 4.74 Å². The minimum atomic E-state index is -5.83.